The molecular formula is C14H19N3. The lowest BCUT2D eigenvalue weighted by atomic mass is 10.1. The van der Waals surface area contributed by atoms with Crippen LogP contribution in [0.25, 0.3) is 11.3 Å². The van der Waals surface area contributed by atoms with Gasteiger partial charge in [0.1, 0.15) is 5.82 Å². The Hall–Kier alpha value is -1.61. The predicted octanol–water partition coefficient (Wildman–Crippen LogP) is 2.45. The van der Waals surface area contributed by atoms with Crippen LogP contribution in [0.2, 0.25) is 0 Å². The molecule has 0 aliphatic carbocycles. The molecule has 0 atom stereocenters. The molecule has 0 aliphatic rings. The Morgan fingerprint density at radius 1 is 1.24 bits per heavy atom. The summed E-state index contributed by atoms with van der Waals surface area (Å²) in [6.45, 7) is 4.86. The Morgan fingerprint density at radius 2 is 1.94 bits per heavy atom. The van der Waals surface area contributed by atoms with Gasteiger partial charge in [0.2, 0.25) is 0 Å². The first-order valence-electron chi connectivity index (χ1n) is 6.09. The molecule has 0 bridgehead atoms. The second-order valence-corrected chi connectivity index (χ2v) is 4.27. The molecule has 1 aromatic carbocycles. The Balaban J connectivity index is 2.39. The van der Waals surface area contributed by atoms with E-state index >= 15 is 0 Å². The molecule has 3 nitrogen and oxygen atoms in total. The number of nitrogens with zero attached hydrogens (tertiary/aromatic N) is 1. The summed E-state index contributed by atoms with van der Waals surface area (Å²) in [6.07, 6.45) is 1.76. The van der Waals surface area contributed by atoms with Crippen LogP contribution in [0.4, 0.5) is 0 Å². The maximum absolute atomic E-state index is 5.56. The number of nitrogens with one attached hydrogen (secondary N) is 1. The second kappa shape index (κ2) is 5.15. The summed E-state index contributed by atoms with van der Waals surface area (Å²) in [4.78, 5) is 7.99. The van der Waals surface area contributed by atoms with Gasteiger partial charge >= 0.3 is 0 Å². The molecule has 0 saturated heterocycles. The largest absolute Gasteiger partial charge is 0.345 e. The summed E-state index contributed by atoms with van der Waals surface area (Å²) in [5.41, 5.74) is 10.3. The third-order valence-electron chi connectivity index (χ3n) is 2.89. The minimum absolute atomic E-state index is 0.629. The Kier molecular flexibility index (Phi) is 3.59. The van der Waals surface area contributed by atoms with Gasteiger partial charge in [-0.3, -0.25) is 0 Å². The van der Waals surface area contributed by atoms with Crippen LogP contribution in [0.15, 0.2) is 24.3 Å². The highest BCUT2D eigenvalue weighted by atomic mass is 14.9. The topological polar surface area (TPSA) is 54.7 Å². The lowest BCUT2D eigenvalue weighted by Gasteiger charge is -2.00. The summed E-state index contributed by atoms with van der Waals surface area (Å²) >= 11 is 0. The minimum atomic E-state index is 0.629. The number of rotatable bonds is 4. The van der Waals surface area contributed by atoms with E-state index in [9.17, 15) is 0 Å². The molecule has 2 aromatic rings. The first kappa shape index (κ1) is 11.9. The van der Waals surface area contributed by atoms with Crippen LogP contribution in [0, 0.1) is 6.92 Å². The highest BCUT2D eigenvalue weighted by Crippen LogP contribution is 2.22. The van der Waals surface area contributed by atoms with E-state index in [1.54, 1.807) is 0 Å². The van der Waals surface area contributed by atoms with Gasteiger partial charge in [0, 0.05) is 17.7 Å². The number of aryl methyl sites for hydroxylation is 2. The van der Waals surface area contributed by atoms with Gasteiger partial charge in [-0.15, -0.1) is 0 Å². The van der Waals surface area contributed by atoms with E-state index in [1.807, 2.05) is 0 Å². The highest BCUT2D eigenvalue weighted by Gasteiger charge is 2.10. The third-order valence-corrected chi connectivity index (χ3v) is 2.89. The molecule has 0 aliphatic heterocycles. The summed E-state index contributed by atoms with van der Waals surface area (Å²) in [5.74, 6) is 0.986. The van der Waals surface area contributed by atoms with Crippen LogP contribution in [0.1, 0.15) is 24.0 Å². The predicted molar refractivity (Wildman–Crippen MR) is 70.9 cm³/mol. The van der Waals surface area contributed by atoms with E-state index in [1.165, 1.54) is 16.8 Å². The van der Waals surface area contributed by atoms with E-state index in [0.29, 0.717) is 6.54 Å². The molecule has 1 heterocycles. The minimum Gasteiger partial charge on any atom is -0.345 e. The number of benzene rings is 1. The molecule has 2 rings (SSSR count). The number of hydrogen-bond donors (Lipinski definition) is 2. The van der Waals surface area contributed by atoms with Crippen LogP contribution < -0.4 is 5.73 Å². The summed E-state index contributed by atoms with van der Waals surface area (Å²) in [7, 11) is 0. The van der Waals surface area contributed by atoms with Crippen molar-refractivity contribution in [1.29, 1.82) is 0 Å². The maximum Gasteiger partial charge on any atom is 0.108 e. The highest BCUT2D eigenvalue weighted by molar-refractivity contribution is 5.62. The zero-order valence-electron chi connectivity index (χ0n) is 10.5. The number of hydrogen-bond acceptors (Lipinski definition) is 2. The molecule has 1 aromatic heterocycles. The number of aromatic nitrogens is 2. The molecule has 0 unspecified atom stereocenters. The van der Waals surface area contributed by atoms with Crippen molar-refractivity contribution in [3.63, 3.8) is 0 Å². The molecule has 0 fully saturated rings. The monoisotopic (exact) mass is 229 g/mol. The molecule has 0 amide bonds. The summed E-state index contributed by atoms with van der Waals surface area (Å²) in [6, 6.07) is 8.48. The van der Waals surface area contributed by atoms with Gasteiger partial charge in [0.15, 0.2) is 0 Å². The number of imidazole rings is 1. The van der Waals surface area contributed by atoms with Crippen LogP contribution >= 0.6 is 0 Å². The molecule has 0 radical (unpaired) electrons. The van der Waals surface area contributed by atoms with Gasteiger partial charge in [-0.05, 0) is 19.9 Å². The van der Waals surface area contributed by atoms with Crippen molar-refractivity contribution in [2.45, 2.75) is 26.7 Å². The van der Waals surface area contributed by atoms with Crippen LogP contribution in [0.3, 0.4) is 0 Å². The lowest BCUT2D eigenvalue weighted by molar-refractivity contribution is 0.885. The molecule has 17 heavy (non-hydrogen) atoms. The summed E-state index contributed by atoms with van der Waals surface area (Å²) in [5, 5.41) is 0. The van der Waals surface area contributed by atoms with Gasteiger partial charge in [-0.2, -0.15) is 0 Å². The Morgan fingerprint density at radius 3 is 2.53 bits per heavy atom. The molecule has 3 N–H and O–H groups in total. The molecule has 0 saturated carbocycles. The average molecular weight is 229 g/mol. The molecule has 3 heteroatoms. The van der Waals surface area contributed by atoms with Crippen molar-refractivity contribution >= 4 is 0 Å². The van der Waals surface area contributed by atoms with E-state index in [2.05, 4.69) is 48.1 Å². The Bertz CT molecular complexity index is 483. The SMILES string of the molecule is CCc1[nH]c(CCN)nc1-c1ccc(C)cc1. The van der Waals surface area contributed by atoms with Crippen molar-refractivity contribution in [2.24, 2.45) is 5.73 Å². The summed E-state index contributed by atoms with van der Waals surface area (Å²) < 4.78 is 0. The van der Waals surface area contributed by atoms with Gasteiger partial charge in [-0.25, -0.2) is 4.98 Å². The second-order valence-electron chi connectivity index (χ2n) is 4.27. The standard InChI is InChI=1S/C14H19N3/c1-3-12-14(17-13(16-12)8-9-15)11-6-4-10(2)5-7-11/h4-7H,3,8-9,15H2,1-2H3,(H,16,17). The van der Waals surface area contributed by atoms with Crippen LogP contribution in [0.5, 0.6) is 0 Å². The number of H-pyrrole nitrogens is 1. The van der Waals surface area contributed by atoms with E-state index in [4.69, 9.17) is 5.73 Å². The van der Waals surface area contributed by atoms with E-state index in [-0.39, 0.29) is 0 Å². The zero-order chi connectivity index (χ0) is 12.3. The average Bonchev–Trinajstić information content (AvgIpc) is 2.74. The van der Waals surface area contributed by atoms with Gasteiger partial charge in [-0.1, -0.05) is 36.8 Å². The Labute approximate surface area is 102 Å². The molecule has 90 valence electrons. The first-order valence-corrected chi connectivity index (χ1v) is 6.09. The van der Waals surface area contributed by atoms with Gasteiger partial charge in [0.25, 0.3) is 0 Å². The van der Waals surface area contributed by atoms with Crippen molar-refractivity contribution < 1.29 is 0 Å². The lowest BCUT2D eigenvalue weighted by Crippen LogP contribution is -2.03. The first-order chi connectivity index (χ1) is 8.24. The van der Waals surface area contributed by atoms with Gasteiger partial charge in [0.05, 0.1) is 5.69 Å². The van der Waals surface area contributed by atoms with Crippen LogP contribution in [-0.4, -0.2) is 16.5 Å². The van der Waals surface area contributed by atoms with Crippen LogP contribution in [-0.2, 0) is 12.8 Å². The number of aromatic amines is 1. The number of nitrogens with two attached hydrogens (primary N) is 1. The fourth-order valence-corrected chi connectivity index (χ4v) is 1.92. The quantitative estimate of drug-likeness (QED) is 0.846. The molecular weight excluding hydrogens is 210 g/mol. The van der Waals surface area contributed by atoms with E-state index in [0.717, 1.165) is 24.4 Å². The van der Waals surface area contributed by atoms with Crippen molar-refractivity contribution in [3.8, 4) is 11.3 Å². The molecule has 0 spiro atoms. The fourth-order valence-electron chi connectivity index (χ4n) is 1.92. The smallest absolute Gasteiger partial charge is 0.108 e. The van der Waals surface area contributed by atoms with Crippen molar-refractivity contribution in [3.05, 3.63) is 41.3 Å². The van der Waals surface area contributed by atoms with Crippen molar-refractivity contribution in [1.82, 2.24) is 9.97 Å². The van der Waals surface area contributed by atoms with Gasteiger partial charge < -0.3 is 10.7 Å². The zero-order valence-corrected chi connectivity index (χ0v) is 10.5. The van der Waals surface area contributed by atoms with E-state index < -0.39 is 0 Å². The van der Waals surface area contributed by atoms with Crippen molar-refractivity contribution in [2.75, 3.05) is 6.54 Å². The normalized spacial score (nSPS) is 10.8. The maximum atomic E-state index is 5.56. The fraction of sp³-hybridized carbons (Fsp3) is 0.357. The third kappa shape index (κ3) is 2.56.